The lowest BCUT2D eigenvalue weighted by Crippen LogP contribution is -2.02. The van der Waals surface area contributed by atoms with Crippen LogP contribution in [0.3, 0.4) is 0 Å². The molecule has 6 heteroatoms. The van der Waals surface area contributed by atoms with Gasteiger partial charge in [0.2, 0.25) is 0 Å². The molecule has 0 saturated carbocycles. The Hall–Kier alpha value is -3.02. The highest BCUT2D eigenvalue weighted by molar-refractivity contribution is 6.00. The average Bonchev–Trinajstić information content (AvgIpc) is 2.78. The van der Waals surface area contributed by atoms with E-state index in [-0.39, 0.29) is 0 Å². The quantitative estimate of drug-likeness (QED) is 0.214. The van der Waals surface area contributed by atoms with Crippen LogP contribution in [0, 0.1) is 0 Å². The fourth-order valence-electron chi connectivity index (χ4n) is 3.19. The summed E-state index contributed by atoms with van der Waals surface area (Å²) in [5.74, 6) is 1.57. The van der Waals surface area contributed by atoms with E-state index < -0.39 is 0 Å². The fourth-order valence-corrected chi connectivity index (χ4v) is 3.19. The number of unbranched alkanes of at least 4 members (excludes halogenated alkanes) is 4. The van der Waals surface area contributed by atoms with Crippen LogP contribution in [0.25, 0.3) is 0 Å². The third-order valence-corrected chi connectivity index (χ3v) is 4.92. The molecule has 0 aliphatic carbocycles. The van der Waals surface area contributed by atoms with Gasteiger partial charge in [-0.3, -0.25) is 0 Å². The summed E-state index contributed by atoms with van der Waals surface area (Å²) >= 11 is 0. The third-order valence-electron chi connectivity index (χ3n) is 4.92. The first-order valence-electron chi connectivity index (χ1n) is 9.92. The van der Waals surface area contributed by atoms with Crippen molar-refractivity contribution in [1.82, 2.24) is 0 Å². The first kappa shape index (κ1) is 22.3. The van der Waals surface area contributed by atoms with Crippen molar-refractivity contribution < 1.29 is 19.9 Å². The zero-order valence-electron chi connectivity index (χ0n) is 17.2. The first-order chi connectivity index (χ1) is 14.2. The maximum absolute atomic E-state index is 9.29. The summed E-state index contributed by atoms with van der Waals surface area (Å²) in [7, 11) is 3.25. The van der Waals surface area contributed by atoms with Crippen molar-refractivity contribution >= 4 is 11.4 Å². The minimum absolute atomic E-state index is 0.696. The van der Waals surface area contributed by atoms with E-state index in [9.17, 15) is 10.4 Å². The largest absolute Gasteiger partial charge is 0.497 e. The van der Waals surface area contributed by atoms with Gasteiger partial charge >= 0.3 is 0 Å². The zero-order valence-corrected chi connectivity index (χ0v) is 17.2. The highest BCUT2D eigenvalue weighted by Crippen LogP contribution is 2.17. The molecule has 0 heterocycles. The van der Waals surface area contributed by atoms with Crippen LogP contribution in [-0.4, -0.2) is 36.1 Å². The highest BCUT2D eigenvalue weighted by Gasteiger charge is 2.07. The van der Waals surface area contributed by atoms with E-state index in [4.69, 9.17) is 9.47 Å². The van der Waals surface area contributed by atoms with E-state index in [2.05, 4.69) is 10.3 Å². The van der Waals surface area contributed by atoms with Gasteiger partial charge in [0.05, 0.1) is 25.6 Å². The lowest BCUT2D eigenvalue weighted by atomic mass is 10.0. The molecule has 0 bridgehead atoms. The molecule has 2 rings (SSSR count). The summed E-state index contributed by atoms with van der Waals surface area (Å²) in [6.07, 6.45) is 6.60. The predicted molar refractivity (Wildman–Crippen MR) is 115 cm³/mol. The molecule has 6 nitrogen and oxygen atoms in total. The van der Waals surface area contributed by atoms with E-state index in [1.807, 2.05) is 48.5 Å². The van der Waals surface area contributed by atoms with E-state index >= 15 is 0 Å². The summed E-state index contributed by atoms with van der Waals surface area (Å²) in [6, 6.07) is 15.1. The molecule has 156 valence electrons. The predicted octanol–water partition coefficient (Wildman–Crippen LogP) is 5.49. The topological polar surface area (TPSA) is 83.6 Å². The number of ether oxygens (including phenoxy) is 2. The van der Waals surface area contributed by atoms with Gasteiger partial charge in [0.1, 0.15) is 11.5 Å². The van der Waals surface area contributed by atoms with E-state index in [1.165, 1.54) is 0 Å². The molecular weight excluding hydrogens is 368 g/mol. The molecule has 0 fully saturated rings. The molecule has 0 aromatic heterocycles. The summed E-state index contributed by atoms with van der Waals surface area (Å²) in [5, 5.41) is 25.5. The van der Waals surface area contributed by atoms with Crippen LogP contribution in [0.5, 0.6) is 11.5 Å². The highest BCUT2D eigenvalue weighted by atomic mass is 16.5. The third kappa shape index (κ3) is 7.14. The molecule has 0 atom stereocenters. The fraction of sp³-hybridized carbons (Fsp3) is 0.391. The van der Waals surface area contributed by atoms with Crippen molar-refractivity contribution in [3.8, 4) is 11.5 Å². The summed E-state index contributed by atoms with van der Waals surface area (Å²) in [6.45, 7) is 0. The number of hydrogen-bond donors (Lipinski definition) is 2. The Morgan fingerprint density at radius 2 is 0.966 bits per heavy atom. The molecule has 0 aliphatic heterocycles. The maximum Gasteiger partial charge on any atom is 0.118 e. The normalized spacial score (nSPS) is 12.1. The molecule has 0 unspecified atom stereocenters. The zero-order chi connectivity index (χ0) is 20.9. The van der Waals surface area contributed by atoms with Gasteiger partial charge in [-0.1, -0.05) is 29.6 Å². The van der Waals surface area contributed by atoms with Crippen molar-refractivity contribution in [1.29, 1.82) is 0 Å². The van der Waals surface area contributed by atoms with Gasteiger partial charge in [0, 0.05) is 0 Å². The second-order valence-corrected chi connectivity index (χ2v) is 6.82. The maximum atomic E-state index is 9.29. The monoisotopic (exact) mass is 398 g/mol. The minimum Gasteiger partial charge on any atom is -0.497 e. The van der Waals surface area contributed by atoms with Gasteiger partial charge in [-0.2, -0.15) is 0 Å². The van der Waals surface area contributed by atoms with Crippen LogP contribution < -0.4 is 9.47 Å². The number of rotatable bonds is 12. The van der Waals surface area contributed by atoms with Crippen molar-refractivity contribution in [2.24, 2.45) is 10.3 Å². The average molecular weight is 399 g/mol. The molecule has 2 aromatic rings. The molecule has 0 amide bonds. The lowest BCUT2D eigenvalue weighted by molar-refractivity contribution is 0.317. The Kier molecular flexibility index (Phi) is 9.55. The van der Waals surface area contributed by atoms with E-state index in [0.29, 0.717) is 11.4 Å². The van der Waals surface area contributed by atoms with Crippen LogP contribution >= 0.6 is 0 Å². The number of methoxy groups -OCH3 is 2. The SMILES string of the molecule is COc1ccc(/C(CCCCCCC/C(=N\O)c2ccc(OC)cc2)=N\O)cc1. The van der Waals surface area contributed by atoms with Crippen LogP contribution in [0.15, 0.2) is 58.8 Å². The Morgan fingerprint density at radius 3 is 1.28 bits per heavy atom. The Balaban J connectivity index is 1.66. The molecule has 0 radical (unpaired) electrons. The number of hydrogen-bond acceptors (Lipinski definition) is 6. The second kappa shape index (κ2) is 12.4. The van der Waals surface area contributed by atoms with Gasteiger partial charge in [0.25, 0.3) is 0 Å². The first-order valence-corrected chi connectivity index (χ1v) is 9.92. The van der Waals surface area contributed by atoms with Crippen molar-refractivity contribution in [2.45, 2.75) is 44.9 Å². The molecular formula is C23H30N2O4. The van der Waals surface area contributed by atoms with Crippen LogP contribution in [0.4, 0.5) is 0 Å². The molecule has 0 spiro atoms. The number of benzene rings is 2. The summed E-state index contributed by atoms with van der Waals surface area (Å²) in [4.78, 5) is 0. The molecule has 2 N–H and O–H groups in total. The molecule has 0 aliphatic rings. The Morgan fingerprint density at radius 1 is 0.621 bits per heavy atom. The van der Waals surface area contributed by atoms with Gasteiger partial charge in [-0.05, 0) is 85.3 Å². The Labute approximate surface area is 172 Å². The molecule has 2 aromatic carbocycles. The summed E-state index contributed by atoms with van der Waals surface area (Å²) in [5.41, 5.74) is 3.22. The smallest absolute Gasteiger partial charge is 0.118 e. The number of nitrogens with zero attached hydrogens (tertiary/aromatic N) is 2. The molecule has 0 saturated heterocycles. The standard InChI is InChI=1S/C23H30N2O4/c1-28-20-14-10-18(11-15-20)22(24-26)8-6-4-3-5-7-9-23(25-27)19-12-16-21(29-2)17-13-19/h10-17,26-27H,3-9H2,1-2H3/b24-22-,25-23+. The van der Waals surface area contributed by atoms with Crippen molar-refractivity contribution in [3.05, 3.63) is 59.7 Å². The number of oxime groups is 2. The van der Waals surface area contributed by atoms with E-state index in [0.717, 1.165) is 67.6 Å². The van der Waals surface area contributed by atoms with E-state index in [1.54, 1.807) is 14.2 Å². The van der Waals surface area contributed by atoms with Gasteiger partial charge in [0.15, 0.2) is 0 Å². The van der Waals surface area contributed by atoms with Gasteiger partial charge in [-0.15, -0.1) is 0 Å². The van der Waals surface area contributed by atoms with Crippen molar-refractivity contribution in [3.63, 3.8) is 0 Å². The van der Waals surface area contributed by atoms with Gasteiger partial charge < -0.3 is 19.9 Å². The lowest BCUT2D eigenvalue weighted by Gasteiger charge is -2.07. The van der Waals surface area contributed by atoms with Crippen LogP contribution in [0.2, 0.25) is 0 Å². The molecule has 29 heavy (non-hydrogen) atoms. The second-order valence-electron chi connectivity index (χ2n) is 6.82. The van der Waals surface area contributed by atoms with Crippen LogP contribution in [-0.2, 0) is 0 Å². The van der Waals surface area contributed by atoms with Gasteiger partial charge in [-0.25, -0.2) is 0 Å². The minimum atomic E-state index is 0.696. The summed E-state index contributed by atoms with van der Waals surface area (Å²) < 4.78 is 10.3. The van der Waals surface area contributed by atoms with Crippen molar-refractivity contribution in [2.75, 3.05) is 14.2 Å². The van der Waals surface area contributed by atoms with Crippen LogP contribution in [0.1, 0.15) is 56.1 Å². The Bertz CT molecular complexity index is 716.